The Kier molecular flexibility index (Phi) is 4.83. The van der Waals surface area contributed by atoms with Crippen LogP contribution < -0.4 is 0 Å². The van der Waals surface area contributed by atoms with Gasteiger partial charge in [0.25, 0.3) is 0 Å². The van der Waals surface area contributed by atoms with Crippen LogP contribution in [0.3, 0.4) is 0 Å². The van der Waals surface area contributed by atoms with Gasteiger partial charge in [0.15, 0.2) is 0 Å². The Morgan fingerprint density at radius 2 is 1.92 bits per heavy atom. The number of hydrogen-bond donors (Lipinski definition) is 2. The zero-order chi connectivity index (χ0) is 10.6. The maximum Gasteiger partial charge on any atom is 0.327 e. The van der Waals surface area contributed by atoms with Gasteiger partial charge in [-0.15, -0.1) is 0 Å². The molecule has 13 heavy (non-hydrogen) atoms. The first-order chi connectivity index (χ1) is 5.91. The minimum Gasteiger partial charge on any atom is -0.480 e. The SMILES string of the molecule is CC(=O)N(C(C)C)[C@@H](CS)C(=O)O. The fourth-order valence-corrected chi connectivity index (χ4v) is 1.56. The first-order valence-corrected chi connectivity index (χ1v) is 4.67. The van der Waals surface area contributed by atoms with Crippen molar-refractivity contribution in [2.75, 3.05) is 5.75 Å². The zero-order valence-electron chi connectivity index (χ0n) is 8.02. The molecule has 0 heterocycles. The second kappa shape index (κ2) is 5.11. The monoisotopic (exact) mass is 205 g/mol. The summed E-state index contributed by atoms with van der Waals surface area (Å²) < 4.78 is 0. The summed E-state index contributed by atoms with van der Waals surface area (Å²) in [6, 6.07) is -0.952. The Morgan fingerprint density at radius 3 is 2.00 bits per heavy atom. The molecule has 0 radical (unpaired) electrons. The van der Waals surface area contributed by atoms with Crippen LogP contribution in [0.1, 0.15) is 20.8 Å². The lowest BCUT2D eigenvalue weighted by Gasteiger charge is -2.30. The highest BCUT2D eigenvalue weighted by atomic mass is 32.1. The number of carbonyl (C=O) groups is 2. The van der Waals surface area contributed by atoms with E-state index in [9.17, 15) is 9.59 Å². The summed E-state index contributed by atoms with van der Waals surface area (Å²) in [5.74, 6) is -1.12. The molecular formula is C8H15NO3S. The maximum atomic E-state index is 11.1. The summed E-state index contributed by atoms with van der Waals surface area (Å²) in [5.41, 5.74) is 0. The van der Waals surface area contributed by atoms with Gasteiger partial charge in [-0.25, -0.2) is 4.79 Å². The van der Waals surface area contributed by atoms with Crippen LogP contribution in [0.15, 0.2) is 0 Å². The summed E-state index contributed by atoms with van der Waals surface area (Å²) in [7, 11) is 0. The number of carboxylic acid groups (broad SMARTS) is 1. The molecule has 0 spiro atoms. The molecule has 0 fully saturated rings. The highest BCUT2D eigenvalue weighted by Gasteiger charge is 2.28. The van der Waals surface area contributed by atoms with Gasteiger partial charge in [-0.3, -0.25) is 4.79 Å². The van der Waals surface area contributed by atoms with Crippen LogP contribution in [0.4, 0.5) is 0 Å². The van der Waals surface area contributed by atoms with Crippen LogP contribution >= 0.6 is 12.6 Å². The molecule has 0 saturated heterocycles. The van der Waals surface area contributed by atoms with E-state index >= 15 is 0 Å². The highest BCUT2D eigenvalue weighted by Crippen LogP contribution is 2.08. The van der Waals surface area contributed by atoms with Crippen molar-refractivity contribution in [3.8, 4) is 0 Å². The lowest BCUT2D eigenvalue weighted by Crippen LogP contribution is -2.49. The van der Waals surface area contributed by atoms with Crippen molar-refractivity contribution in [1.82, 2.24) is 4.90 Å². The number of rotatable bonds is 4. The van der Waals surface area contributed by atoms with Crippen LogP contribution in [0, 0.1) is 0 Å². The Balaban J connectivity index is 4.69. The number of amides is 1. The number of thiol groups is 1. The van der Waals surface area contributed by atoms with Crippen molar-refractivity contribution < 1.29 is 14.7 Å². The van der Waals surface area contributed by atoms with Crippen LogP contribution in [0.2, 0.25) is 0 Å². The van der Waals surface area contributed by atoms with E-state index < -0.39 is 12.0 Å². The van der Waals surface area contributed by atoms with Gasteiger partial charge in [-0.1, -0.05) is 0 Å². The van der Waals surface area contributed by atoms with E-state index in [0.717, 1.165) is 0 Å². The van der Waals surface area contributed by atoms with Gasteiger partial charge in [0.05, 0.1) is 0 Å². The Morgan fingerprint density at radius 1 is 1.46 bits per heavy atom. The molecule has 1 atom stereocenters. The summed E-state index contributed by atoms with van der Waals surface area (Å²) in [5, 5.41) is 8.80. The molecule has 4 nitrogen and oxygen atoms in total. The number of hydrogen-bond acceptors (Lipinski definition) is 3. The van der Waals surface area contributed by atoms with E-state index in [2.05, 4.69) is 12.6 Å². The third kappa shape index (κ3) is 3.26. The summed E-state index contributed by atoms with van der Waals surface area (Å²) in [6.45, 7) is 4.92. The van der Waals surface area contributed by atoms with E-state index in [-0.39, 0.29) is 17.7 Å². The molecule has 0 unspecified atom stereocenters. The molecule has 1 N–H and O–H groups in total. The largest absolute Gasteiger partial charge is 0.480 e. The van der Waals surface area contributed by atoms with Gasteiger partial charge in [-0.05, 0) is 13.8 Å². The molecule has 0 bridgehead atoms. The van der Waals surface area contributed by atoms with Crippen LogP contribution in [0.25, 0.3) is 0 Å². The smallest absolute Gasteiger partial charge is 0.327 e. The topological polar surface area (TPSA) is 57.6 Å². The molecule has 1 amide bonds. The summed E-state index contributed by atoms with van der Waals surface area (Å²) >= 11 is 3.91. The minimum atomic E-state index is -1.01. The Bertz CT molecular complexity index is 206. The zero-order valence-corrected chi connectivity index (χ0v) is 8.91. The Hall–Kier alpha value is -0.710. The van der Waals surface area contributed by atoms with Gasteiger partial charge in [0, 0.05) is 18.7 Å². The lowest BCUT2D eigenvalue weighted by molar-refractivity contribution is -0.149. The Labute approximate surface area is 83.3 Å². The number of nitrogens with zero attached hydrogens (tertiary/aromatic N) is 1. The molecular weight excluding hydrogens is 190 g/mol. The average molecular weight is 205 g/mol. The molecule has 0 aliphatic rings. The fourth-order valence-electron chi connectivity index (χ4n) is 1.23. The van der Waals surface area contributed by atoms with Crippen LogP contribution in [-0.4, -0.2) is 39.7 Å². The van der Waals surface area contributed by atoms with E-state index in [1.54, 1.807) is 13.8 Å². The molecule has 0 saturated carbocycles. The van der Waals surface area contributed by atoms with Crippen molar-refractivity contribution in [2.45, 2.75) is 32.9 Å². The van der Waals surface area contributed by atoms with Gasteiger partial charge in [0.2, 0.25) is 5.91 Å². The molecule has 0 aromatic heterocycles. The van der Waals surface area contributed by atoms with Crippen molar-refractivity contribution >= 4 is 24.5 Å². The molecule has 0 aromatic rings. The number of carbonyl (C=O) groups excluding carboxylic acids is 1. The molecule has 0 rings (SSSR count). The fraction of sp³-hybridized carbons (Fsp3) is 0.750. The maximum absolute atomic E-state index is 11.1. The molecule has 76 valence electrons. The van der Waals surface area contributed by atoms with E-state index in [1.165, 1.54) is 11.8 Å². The van der Waals surface area contributed by atoms with Crippen LogP contribution in [0.5, 0.6) is 0 Å². The number of carboxylic acids is 1. The second-order valence-electron chi connectivity index (χ2n) is 3.06. The van der Waals surface area contributed by atoms with Crippen molar-refractivity contribution in [2.24, 2.45) is 0 Å². The lowest BCUT2D eigenvalue weighted by atomic mass is 10.2. The van der Waals surface area contributed by atoms with Gasteiger partial charge < -0.3 is 10.0 Å². The predicted octanol–water partition coefficient (Wildman–Crippen LogP) is 0.626. The van der Waals surface area contributed by atoms with Crippen LogP contribution in [-0.2, 0) is 9.59 Å². The van der Waals surface area contributed by atoms with E-state index in [4.69, 9.17) is 5.11 Å². The van der Waals surface area contributed by atoms with Gasteiger partial charge >= 0.3 is 5.97 Å². The highest BCUT2D eigenvalue weighted by molar-refractivity contribution is 7.80. The standard InChI is InChI=1S/C8H15NO3S/c1-5(2)9(6(3)10)7(4-13)8(11)12/h5,7,13H,4H2,1-3H3,(H,11,12)/t7-/m0/s1. The van der Waals surface area contributed by atoms with Gasteiger partial charge in [-0.2, -0.15) is 12.6 Å². The minimum absolute atomic E-state index is 0.120. The quantitative estimate of drug-likeness (QED) is 0.662. The first-order valence-electron chi connectivity index (χ1n) is 4.04. The third-order valence-electron chi connectivity index (χ3n) is 1.71. The average Bonchev–Trinajstić information content (AvgIpc) is 1.97. The third-order valence-corrected chi connectivity index (χ3v) is 2.06. The molecule has 0 aliphatic carbocycles. The predicted molar refractivity (Wildman–Crippen MR) is 52.9 cm³/mol. The normalized spacial score (nSPS) is 12.7. The first kappa shape index (κ1) is 12.3. The van der Waals surface area contributed by atoms with E-state index in [0.29, 0.717) is 0 Å². The molecule has 0 aliphatic heterocycles. The molecule has 0 aromatic carbocycles. The molecule has 5 heteroatoms. The van der Waals surface area contributed by atoms with Crippen molar-refractivity contribution in [3.05, 3.63) is 0 Å². The van der Waals surface area contributed by atoms with Gasteiger partial charge in [0.1, 0.15) is 6.04 Å². The summed E-state index contributed by atoms with van der Waals surface area (Å²) in [6.07, 6.45) is 0. The second-order valence-corrected chi connectivity index (χ2v) is 3.42. The number of aliphatic carboxylic acids is 1. The van der Waals surface area contributed by atoms with E-state index in [1.807, 2.05) is 0 Å². The van der Waals surface area contributed by atoms with Crippen molar-refractivity contribution in [3.63, 3.8) is 0 Å². The summed E-state index contributed by atoms with van der Waals surface area (Å²) in [4.78, 5) is 23.2. The van der Waals surface area contributed by atoms with Crippen molar-refractivity contribution in [1.29, 1.82) is 0 Å².